The number of nitrogen functional groups attached to an aromatic ring is 1. The molecule has 7 heteroatoms. The van der Waals surface area contributed by atoms with Crippen molar-refractivity contribution in [1.29, 1.82) is 0 Å². The normalized spacial score (nSPS) is 13.7. The van der Waals surface area contributed by atoms with Crippen LogP contribution < -0.4 is 16.0 Å². The second kappa shape index (κ2) is 5.44. The van der Waals surface area contributed by atoms with Gasteiger partial charge in [0, 0.05) is 12.2 Å². The fraction of sp³-hybridized carbons (Fsp3) is 0.500. The second-order valence-corrected chi connectivity index (χ2v) is 5.89. The van der Waals surface area contributed by atoms with Gasteiger partial charge in [0.05, 0.1) is 0 Å². The average molecular weight is 258 g/mol. The summed E-state index contributed by atoms with van der Waals surface area (Å²) in [4.78, 5) is 3.99. The number of nitrogens with one attached hydrogen (secondary N) is 2. The predicted molar refractivity (Wildman–Crippen MR) is 66.7 cm³/mol. The van der Waals surface area contributed by atoms with Crippen LogP contribution in [0.2, 0.25) is 0 Å². The second-order valence-electron chi connectivity index (χ2n) is 4.18. The molecular formula is C10H18N4O2S. The lowest BCUT2D eigenvalue weighted by Crippen LogP contribution is -2.36. The molecule has 0 aromatic carbocycles. The third-order valence-corrected chi connectivity index (χ3v) is 4.08. The van der Waals surface area contributed by atoms with Crippen LogP contribution in [0.15, 0.2) is 23.2 Å². The van der Waals surface area contributed by atoms with E-state index in [0.717, 1.165) is 0 Å². The molecule has 1 rings (SSSR count). The topological polar surface area (TPSA) is 97.1 Å². The van der Waals surface area contributed by atoms with Crippen LogP contribution in [0.3, 0.4) is 0 Å². The van der Waals surface area contributed by atoms with Gasteiger partial charge in [-0.3, -0.25) is 0 Å². The summed E-state index contributed by atoms with van der Waals surface area (Å²) in [5, 5.41) is 0. The quantitative estimate of drug-likeness (QED) is 0.533. The summed E-state index contributed by atoms with van der Waals surface area (Å²) in [6.07, 6.45) is 1.27. The molecule has 4 N–H and O–H groups in total. The molecule has 1 atom stereocenters. The van der Waals surface area contributed by atoms with Gasteiger partial charge >= 0.3 is 0 Å². The summed E-state index contributed by atoms with van der Waals surface area (Å²) in [6.45, 7) is 5.73. The van der Waals surface area contributed by atoms with E-state index in [9.17, 15) is 8.42 Å². The monoisotopic (exact) mass is 258 g/mol. The molecule has 1 aromatic rings. The van der Waals surface area contributed by atoms with E-state index in [-0.39, 0.29) is 16.9 Å². The Morgan fingerprint density at radius 1 is 1.29 bits per heavy atom. The van der Waals surface area contributed by atoms with Crippen LogP contribution >= 0.6 is 0 Å². The van der Waals surface area contributed by atoms with Gasteiger partial charge in [-0.25, -0.2) is 24.0 Å². The summed E-state index contributed by atoms with van der Waals surface area (Å²) >= 11 is 0. The summed E-state index contributed by atoms with van der Waals surface area (Å²) in [5.74, 6) is 5.79. The van der Waals surface area contributed by atoms with Crippen LogP contribution in [0.25, 0.3) is 0 Å². The van der Waals surface area contributed by atoms with E-state index in [1.807, 2.05) is 20.8 Å². The largest absolute Gasteiger partial charge is 0.308 e. The Balaban J connectivity index is 2.89. The number of nitrogens with zero attached hydrogens (tertiary/aromatic N) is 1. The van der Waals surface area contributed by atoms with Crippen molar-refractivity contribution in [1.82, 2.24) is 9.71 Å². The first-order chi connectivity index (χ1) is 7.86. The fourth-order valence-corrected chi connectivity index (χ4v) is 2.41. The number of hydrogen-bond acceptors (Lipinski definition) is 5. The molecule has 0 spiro atoms. The van der Waals surface area contributed by atoms with Crippen molar-refractivity contribution in [2.45, 2.75) is 31.7 Å². The molecule has 0 aliphatic rings. The van der Waals surface area contributed by atoms with Crippen molar-refractivity contribution in [3.63, 3.8) is 0 Å². The maximum atomic E-state index is 11.9. The summed E-state index contributed by atoms with van der Waals surface area (Å²) in [7, 11) is -3.51. The highest BCUT2D eigenvalue weighted by Crippen LogP contribution is 2.12. The minimum absolute atomic E-state index is 0.129. The Bertz CT molecular complexity index is 456. The minimum Gasteiger partial charge on any atom is -0.308 e. The number of hydrogen-bond donors (Lipinski definition) is 3. The lowest BCUT2D eigenvalue weighted by Gasteiger charge is -2.17. The third-order valence-electron chi connectivity index (χ3n) is 2.54. The molecule has 0 radical (unpaired) electrons. The van der Waals surface area contributed by atoms with E-state index < -0.39 is 10.0 Å². The van der Waals surface area contributed by atoms with Crippen molar-refractivity contribution in [2.75, 3.05) is 5.43 Å². The third kappa shape index (κ3) is 3.65. The van der Waals surface area contributed by atoms with Gasteiger partial charge in [-0.1, -0.05) is 13.8 Å². The highest BCUT2D eigenvalue weighted by molar-refractivity contribution is 7.89. The molecule has 6 nitrogen and oxygen atoms in total. The predicted octanol–water partition coefficient (Wildman–Crippen LogP) is 0.690. The van der Waals surface area contributed by atoms with Crippen molar-refractivity contribution >= 4 is 15.8 Å². The van der Waals surface area contributed by atoms with Gasteiger partial charge in [0.2, 0.25) is 10.0 Å². The van der Waals surface area contributed by atoms with Crippen molar-refractivity contribution < 1.29 is 8.42 Å². The van der Waals surface area contributed by atoms with Gasteiger partial charge in [-0.05, 0) is 25.0 Å². The van der Waals surface area contributed by atoms with Crippen molar-refractivity contribution in [2.24, 2.45) is 11.8 Å². The molecule has 1 aromatic heterocycles. The Kier molecular flexibility index (Phi) is 4.44. The van der Waals surface area contributed by atoms with Crippen molar-refractivity contribution in [3.8, 4) is 0 Å². The lowest BCUT2D eigenvalue weighted by atomic mass is 10.1. The van der Waals surface area contributed by atoms with Crippen LogP contribution in [0.1, 0.15) is 20.8 Å². The first kappa shape index (κ1) is 13.9. The van der Waals surface area contributed by atoms with E-state index in [0.29, 0.717) is 5.82 Å². The highest BCUT2D eigenvalue weighted by atomic mass is 32.2. The number of hydrazine groups is 1. The molecule has 17 heavy (non-hydrogen) atoms. The zero-order chi connectivity index (χ0) is 13.1. The molecule has 0 aliphatic heterocycles. The maximum Gasteiger partial charge on any atom is 0.242 e. The molecule has 0 bridgehead atoms. The summed E-state index contributed by atoms with van der Waals surface area (Å²) in [5.41, 5.74) is 2.34. The molecule has 96 valence electrons. The highest BCUT2D eigenvalue weighted by Gasteiger charge is 2.19. The molecule has 0 amide bonds. The zero-order valence-electron chi connectivity index (χ0n) is 10.1. The number of rotatable bonds is 5. The first-order valence-electron chi connectivity index (χ1n) is 5.32. The molecule has 1 unspecified atom stereocenters. The van der Waals surface area contributed by atoms with Gasteiger partial charge in [0.15, 0.2) is 0 Å². The van der Waals surface area contributed by atoms with Crippen LogP contribution in [0, 0.1) is 5.92 Å². The van der Waals surface area contributed by atoms with Crippen LogP contribution in [-0.2, 0) is 10.0 Å². The number of nitrogens with two attached hydrogens (primary N) is 1. The Morgan fingerprint density at radius 2 is 1.94 bits per heavy atom. The van der Waals surface area contributed by atoms with Gasteiger partial charge in [0.25, 0.3) is 0 Å². The number of sulfonamides is 1. The van der Waals surface area contributed by atoms with E-state index in [1.54, 1.807) is 0 Å². The van der Waals surface area contributed by atoms with Crippen LogP contribution in [0.4, 0.5) is 5.82 Å². The zero-order valence-corrected chi connectivity index (χ0v) is 11.0. The van der Waals surface area contributed by atoms with Crippen molar-refractivity contribution in [3.05, 3.63) is 18.3 Å². The lowest BCUT2D eigenvalue weighted by molar-refractivity contribution is 0.476. The molecule has 0 saturated carbocycles. The van der Waals surface area contributed by atoms with Gasteiger partial charge in [-0.15, -0.1) is 0 Å². The van der Waals surface area contributed by atoms with Gasteiger partial charge in [0.1, 0.15) is 10.7 Å². The summed E-state index contributed by atoms with van der Waals surface area (Å²) < 4.78 is 26.5. The maximum absolute atomic E-state index is 11.9. The molecule has 0 fully saturated rings. The van der Waals surface area contributed by atoms with Gasteiger partial charge in [-0.2, -0.15) is 0 Å². The minimum atomic E-state index is -3.51. The number of aromatic nitrogens is 1. The van der Waals surface area contributed by atoms with Crippen LogP contribution in [-0.4, -0.2) is 19.4 Å². The Labute approximate surface area is 102 Å². The Morgan fingerprint density at radius 3 is 2.35 bits per heavy atom. The van der Waals surface area contributed by atoms with E-state index >= 15 is 0 Å². The molecule has 0 saturated heterocycles. The fourth-order valence-electron chi connectivity index (χ4n) is 1.07. The van der Waals surface area contributed by atoms with Gasteiger partial charge < -0.3 is 5.43 Å². The standard InChI is InChI=1S/C10H18N4O2S/c1-7(2)8(3)14-17(15,16)9-4-5-10(13-11)12-6-9/h4-8,14H,11H2,1-3H3,(H,12,13). The van der Waals surface area contributed by atoms with E-state index in [4.69, 9.17) is 5.84 Å². The SMILES string of the molecule is CC(C)C(C)NS(=O)(=O)c1ccc(NN)nc1. The molecule has 0 aliphatic carbocycles. The first-order valence-corrected chi connectivity index (χ1v) is 6.80. The van der Waals surface area contributed by atoms with Crippen LogP contribution in [0.5, 0.6) is 0 Å². The Hall–Kier alpha value is -1.18. The smallest absolute Gasteiger partial charge is 0.242 e. The molecular weight excluding hydrogens is 240 g/mol. The summed E-state index contributed by atoms with van der Waals surface area (Å²) in [6, 6.07) is 2.83. The number of anilines is 1. The number of pyridine rings is 1. The molecule has 1 heterocycles. The van der Waals surface area contributed by atoms with E-state index in [1.165, 1.54) is 18.3 Å². The average Bonchev–Trinajstić information content (AvgIpc) is 2.28. The van der Waals surface area contributed by atoms with E-state index in [2.05, 4.69) is 15.1 Å².